The van der Waals surface area contributed by atoms with Crippen molar-refractivity contribution in [2.45, 2.75) is 32.1 Å². The number of nitrogens with zero attached hydrogens (tertiary/aromatic N) is 1. The number of amides is 1. The minimum atomic E-state index is -3.77. The van der Waals surface area contributed by atoms with Gasteiger partial charge in [0.15, 0.2) is 0 Å². The first-order valence-electron chi connectivity index (χ1n) is 8.54. The zero-order valence-corrected chi connectivity index (χ0v) is 15.9. The van der Waals surface area contributed by atoms with Gasteiger partial charge in [0.2, 0.25) is 10.0 Å². The van der Waals surface area contributed by atoms with Gasteiger partial charge in [-0.05, 0) is 36.2 Å². The average Bonchev–Trinajstić information content (AvgIpc) is 2.63. The summed E-state index contributed by atoms with van der Waals surface area (Å²) in [5, 5.41) is 2.67. The third-order valence-electron chi connectivity index (χ3n) is 4.17. The summed E-state index contributed by atoms with van der Waals surface area (Å²) < 4.78 is 40.7. The van der Waals surface area contributed by atoms with Gasteiger partial charge in [0.05, 0.1) is 10.5 Å². The van der Waals surface area contributed by atoms with Crippen molar-refractivity contribution in [1.82, 2.24) is 4.31 Å². The Morgan fingerprint density at radius 3 is 2.35 bits per heavy atom. The van der Waals surface area contributed by atoms with Gasteiger partial charge in [0, 0.05) is 18.8 Å². The minimum absolute atomic E-state index is 0.100. The molecular weight excluding hydrogens is 355 g/mol. The SMILES string of the molecule is CCc1ccccc1NC(=O)c1cc(S(=O)(=O)N(CC)CC)ccc1F. The molecule has 7 heteroatoms. The Bertz CT molecular complexity index is 893. The Balaban J connectivity index is 2.39. The molecule has 0 heterocycles. The van der Waals surface area contributed by atoms with Gasteiger partial charge in [-0.25, -0.2) is 12.8 Å². The molecule has 0 aliphatic heterocycles. The molecule has 0 saturated heterocycles. The third kappa shape index (κ3) is 4.11. The molecule has 2 aromatic carbocycles. The topological polar surface area (TPSA) is 66.5 Å². The van der Waals surface area contributed by atoms with Crippen LogP contribution in [0.2, 0.25) is 0 Å². The lowest BCUT2D eigenvalue weighted by molar-refractivity contribution is 0.102. The Labute approximate surface area is 153 Å². The van der Waals surface area contributed by atoms with Crippen LogP contribution in [0.15, 0.2) is 47.4 Å². The highest BCUT2D eigenvalue weighted by Crippen LogP contribution is 2.21. The zero-order valence-electron chi connectivity index (χ0n) is 15.1. The summed E-state index contributed by atoms with van der Waals surface area (Å²) in [5.41, 5.74) is 1.19. The van der Waals surface area contributed by atoms with Gasteiger partial charge in [0.25, 0.3) is 5.91 Å². The summed E-state index contributed by atoms with van der Waals surface area (Å²) in [6.07, 6.45) is 0.704. The number of nitrogens with one attached hydrogen (secondary N) is 1. The molecule has 0 aliphatic rings. The molecule has 0 atom stereocenters. The van der Waals surface area contributed by atoms with E-state index >= 15 is 0 Å². The second-order valence-electron chi connectivity index (χ2n) is 5.70. The molecule has 0 bridgehead atoms. The molecule has 1 N–H and O–H groups in total. The van der Waals surface area contributed by atoms with E-state index in [4.69, 9.17) is 0 Å². The average molecular weight is 378 g/mol. The van der Waals surface area contributed by atoms with E-state index in [2.05, 4.69) is 5.32 Å². The molecule has 0 radical (unpaired) electrons. The molecule has 0 aromatic heterocycles. The lowest BCUT2D eigenvalue weighted by Gasteiger charge is -2.19. The summed E-state index contributed by atoms with van der Waals surface area (Å²) in [4.78, 5) is 12.4. The van der Waals surface area contributed by atoms with Crippen molar-refractivity contribution in [2.75, 3.05) is 18.4 Å². The van der Waals surface area contributed by atoms with Crippen molar-refractivity contribution >= 4 is 21.6 Å². The predicted molar refractivity (Wildman–Crippen MR) is 100 cm³/mol. The quantitative estimate of drug-likeness (QED) is 0.799. The standard InChI is InChI=1S/C19H23FN2O3S/c1-4-14-9-7-8-10-18(14)21-19(23)16-13-15(11-12-17(16)20)26(24,25)22(5-2)6-3/h7-13H,4-6H2,1-3H3,(H,21,23). The lowest BCUT2D eigenvalue weighted by Crippen LogP contribution is -2.31. The number of anilines is 1. The normalized spacial score (nSPS) is 11.6. The summed E-state index contributed by atoms with van der Waals surface area (Å²) >= 11 is 0. The van der Waals surface area contributed by atoms with Crippen LogP contribution in [0.4, 0.5) is 10.1 Å². The largest absolute Gasteiger partial charge is 0.322 e. The van der Waals surface area contributed by atoms with Crippen LogP contribution in [-0.2, 0) is 16.4 Å². The number of halogens is 1. The van der Waals surface area contributed by atoms with Crippen LogP contribution in [0.1, 0.15) is 36.7 Å². The number of benzene rings is 2. The molecule has 140 valence electrons. The van der Waals surface area contributed by atoms with Crippen LogP contribution in [0, 0.1) is 5.82 Å². The first-order valence-corrected chi connectivity index (χ1v) is 9.98. The van der Waals surface area contributed by atoms with Crippen LogP contribution in [0.5, 0.6) is 0 Å². The van der Waals surface area contributed by atoms with Crippen molar-refractivity contribution < 1.29 is 17.6 Å². The molecule has 0 fully saturated rings. The van der Waals surface area contributed by atoms with Crippen LogP contribution in [-0.4, -0.2) is 31.7 Å². The maximum absolute atomic E-state index is 14.2. The minimum Gasteiger partial charge on any atom is -0.322 e. The molecule has 0 saturated carbocycles. The Morgan fingerprint density at radius 1 is 1.08 bits per heavy atom. The van der Waals surface area contributed by atoms with Gasteiger partial charge in [-0.15, -0.1) is 0 Å². The molecular formula is C19H23FN2O3S. The maximum atomic E-state index is 14.2. The second kappa shape index (κ2) is 8.42. The first kappa shape index (κ1) is 20.1. The number of aryl methyl sites for hydroxylation is 1. The highest BCUT2D eigenvalue weighted by Gasteiger charge is 2.24. The van der Waals surface area contributed by atoms with Crippen molar-refractivity contribution in [2.24, 2.45) is 0 Å². The number of carbonyl (C=O) groups is 1. The molecule has 2 rings (SSSR count). The van der Waals surface area contributed by atoms with Crippen LogP contribution < -0.4 is 5.32 Å². The fourth-order valence-electron chi connectivity index (χ4n) is 2.69. The third-order valence-corrected chi connectivity index (χ3v) is 6.22. The number of hydrogen-bond donors (Lipinski definition) is 1. The van der Waals surface area contributed by atoms with Gasteiger partial charge in [0.1, 0.15) is 5.82 Å². The van der Waals surface area contributed by atoms with Crippen molar-refractivity contribution in [3.63, 3.8) is 0 Å². The lowest BCUT2D eigenvalue weighted by atomic mass is 10.1. The smallest absolute Gasteiger partial charge is 0.258 e. The van der Waals surface area contributed by atoms with Gasteiger partial charge >= 0.3 is 0 Å². The molecule has 0 spiro atoms. The molecule has 1 amide bonds. The highest BCUT2D eigenvalue weighted by molar-refractivity contribution is 7.89. The van der Waals surface area contributed by atoms with Crippen molar-refractivity contribution in [1.29, 1.82) is 0 Å². The number of hydrogen-bond acceptors (Lipinski definition) is 3. The van der Waals surface area contributed by atoms with E-state index in [9.17, 15) is 17.6 Å². The first-order chi connectivity index (χ1) is 12.3. The second-order valence-corrected chi connectivity index (χ2v) is 7.63. The Hall–Kier alpha value is -2.25. The van der Waals surface area contributed by atoms with Gasteiger partial charge in [-0.1, -0.05) is 39.0 Å². The highest BCUT2D eigenvalue weighted by atomic mass is 32.2. The Morgan fingerprint density at radius 2 is 1.73 bits per heavy atom. The fraction of sp³-hybridized carbons (Fsp3) is 0.316. The van der Waals surface area contributed by atoms with Crippen LogP contribution in [0.3, 0.4) is 0 Å². The van der Waals surface area contributed by atoms with E-state index in [1.165, 1.54) is 10.4 Å². The summed E-state index contributed by atoms with van der Waals surface area (Å²) in [7, 11) is -3.77. The van der Waals surface area contributed by atoms with Crippen LogP contribution >= 0.6 is 0 Å². The predicted octanol–water partition coefficient (Wildman–Crippen LogP) is 3.67. The zero-order chi connectivity index (χ0) is 19.3. The van der Waals surface area contributed by atoms with Crippen molar-refractivity contribution in [3.8, 4) is 0 Å². The van der Waals surface area contributed by atoms with E-state index in [0.29, 0.717) is 25.2 Å². The Kier molecular flexibility index (Phi) is 6.50. The maximum Gasteiger partial charge on any atom is 0.258 e. The van der Waals surface area contributed by atoms with E-state index in [1.54, 1.807) is 26.0 Å². The van der Waals surface area contributed by atoms with E-state index in [-0.39, 0.29) is 10.5 Å². The molecule has 0 aliphatic carbocycles. The van der Waals surface area contributed by atoms with Gasteiger partial charge in [-0.2, -0.15) is 4.31 Å². The summed E-state index contributed by atoms with van der Waals surface area (Å²) in [6, 6.07) is 10.5. The van der Waals surface area contributed by atoms with Gasteiger partial charge < -0.3 is 5.32 Å². The number of para-hydroxylation sites is 1. The van der Waals surface area contributed by atoms with Gasteiger partial charge in [-0.3, -0.25) is 4.79 Å². The number of sulfonamides is 1. The molecule has 0 unspecified atom stereocenters. The number of carbonyl (C=O) groups excluding carboxylic acids is 1. The van der Waals surface area contributed by atoms with E-state index in [1.807, 2.05) is 19.1 Å². The monoisotopic (exact) mass is 378 g/mol. The van der Waals surface area contributed by atoms with E-state index < -0.39 is 21.7 Å². The molecule has 26 heavy (non-hydrogen) atoms. The molecule has 2 aromatic rings. The van der Waals surface area contributed by atoms with E-state index in [0.717, 1.165) is 17.7 Å². The summed E-state index contributed by atoms with van der Waals surface area (Å²) in [6.45, 7) is 5.98. The summed E-state index contributed by atoms with van der Waals surface area (Å²) in [5.74, 6) is -1.45. The number of rotatable bonds is 7. The molecule has 5 nitrogen and oxygen atoms in total. The van der Waals surface area contributed by atoms with Crippen LogP contribution in [0.25, 0.3) is 0 Å². The van der Waals surface area contributed by atoms with Crippen molar-refractivity contribution in [3.05, 3.63) is 59.4 Å². The fourth-order valence-corrected chi connectivity index (χ4v) is 4.18.